The van der Waals surface area contributed by atoms with Gasteiger partial charge in [-0.1, -0.05) is 23.7 Å². The number of nitrogens with one attached hydrogen (secondary N) is 1. The molecule has 5 heteroatoms. The van der Waals surface area contributed by atoms with Gasteiger partial charge in [-0.05, 0) is 32.9 Å². The van der Waals surface area contributed by atoms with Gasteiger partial charge in [-0.15, -0.1) is 0 Å². The SMILES string of the molecule is CC(=O)N(CC(=O)NC(C)(C)C)c1ccccc1Cl. The van der Waals surface area contributed by atoms with E-state index in [0.717, 1.165) is 0 Å². The molecule has 0 aliphatic rings. The minimum atomic E-state index is -0.333. The Morgan fingerprint density at radius 3 is 2.32 bits per heavy atom. The number of carbonyl (C=O) groups is 2. The average molecular weight is 283 g/mol. The Kier molecular flexibility index (Phi) is 4.95. The first kappa shape index (κ1) is 15.5. The molecule has 0 aliphatic heterocycles. The van der Waals surface area contributed by atoms with Crippen molar-refractivity contribution in [3.63, 3.8) is 0 Å². The summed E-state index contributed by atoms with van der Waals surface area (Å²) in [6.07, 6.45) is 0. The first-order valence-corrected chi connectivity index (χ1v) is 6.42. The van der Waals surface area contributed by atoms with Crippen LogP contribution < -0.4 is 10.2 Å². The van der Waals surface area contributed by atoms with E-state index in [1.165, 1.54) is 11.8 Å². The number of carbonyl (C=O) groups excluding carboxylic acids is 2. The highest BCUT2D eigenvalue weighted by atomic mass is 35.5. The summed E-state index contributed by atoms with van der Waals surface area (Å²) in [5.41, 5.74) is 0.209. The molecule has 2 amide bonds. The van der Waals surface area contributed by atoms with Crippen molar-refractivity contribution in [2.24, 2.45) is 0 Å². The van der Waals surface area contributed by atoms with Crippen LogP contribution in [0, 0.1) is 0 Å². The Hall–Kier alpha value is -1.55. The highest BCUT2D eigenvalue weighted by molar-refractivity contribution is 6.33. The van der Waals surface area contributed by atoms with Gasteiger partial charge >= 0.3 is 0 Å². The molecule has 0 aromatic heterocycles. The molecule has 0 spiro atoms. The lowest BCUT2D eigenvalue weighted by atomic mass is 10.1. The summed E-state index contributed by atoms with van der Waals surface area (Å²) in [5.74, 6) is -0.445. The third-order valence-electron chi connectivity index (χ3n) is 2.34. The molecule has 1 aromatic rings. The van der Waals surface area contributed by atoms with Crippen LogP contribution in [0.2, 0.25) is 5.02 Å². The summed E-state index contributed by atoms with van der Waals surface area (Å²) in [5, 5.41) is 3.26. The van der Waals surface area contributed by atoms with E-state index in [4.69, 9.17) is 11.6 Å². The lowest BCUT2D eigenvalue weighted by molar-refractivity contribution is -0.124. The van der Waals surface area contributed by atoms with Gasteiger partial charge in [0.1, 0.15) is 6.54 Å². The first-order chi connectivity index (χ1) is 8.70. The van der Waals surface area contributed by atoms with Crippen LogP contribution in [0.5, 0.6) is 0 Å². The van der Waals surface area contributed by atoms with Gasteiger partial charge in [0.25, 0.3) is 0 Å². The Labute approximate surface area is 118 Å². The Morgan fingerprint density at radius 1 is 1.26 bits per heavy atom. The van der Waals surface area contributed by atoms with E-state index in [1.54, 1.807) is 24.3 Å². The summed E-state index contributed by atoms with van der Waals surface area (Å²) in [7, 11) is 0. The number of para-hydroxylation sites is 1. The summed E-state index contributed by atoms with van der Waals surface area (Å²) >= 11 is 6.05. The number of amides is 2. The van der Waals surface area contributed by atoms with E-state index >= 15 is 0 Å². The maximum absolute atomic E-state index is 11.9. The standard InChI is InChI=1S/C14H19ClN2O2/c1-10(18)17(9-13(19)16-14(2,3)4)12-8-6-5-7-11(12)15/h5-8H,9H2,1-4H3,(H,16,19). The smallest absolute Gasteiger partial charge is 0.240 e. The van der Waals surface area contributed by atoms with E-state index in [2.05, 4.69) is 5.32 Å². The van der Waals surface area contributed by atoms with Crippen molar-refractivity contribution in [1.82, 2.24) is 5.32 Å². The molecule has 1 N–H and O–H groups in total. The first-order valence-electron chi connectivity index (χ1n) is 6.04. The molecule has 0 unspecified atom stereocenters. The van der Waals surface area contributed by atoms with Gasteiger partial charge in [0.15, 0.2) is 0 Å². The molecular formula is C14H19ClN2O2. The van der Waals surface area contributed by atoms with Gasteiger partial charge in [0.05, 0.1) is 10.7 Å². The van der Waals surface area contributed by atoms with E-state index in [9.17, 15) is 9.59 Å². The fraction of sp³-hybridized carbons (Fsp3) is 0.429. The second kappa shape index (κ2) is 6.06. The fourth-order valence-corrected chi connectivity index (χ4v) is 1.88. The van der Waals surface area contributed by atoms with Crippen LogP contribution in [0.1, 0.15) is 27.7 Å². The molecule has 1 aromatic carbocycles. The maximum Gasteiger partial charge on any atom is 0.240 e. The van der Waals surface area contributed by atoms with Gasteiger partial charge in [0, 0.05) is 12.5 Å². The number of anilines is 1. The molecule has 0 bridgehead atoms. The van der Waals surface area contributed by atoms with Crippen LogP contribution in [-0.2, 0) is 9.59 Å². The molecule has 0 saturated carbocycles. The van der Waals surface area contributed by atoms with Gasteiger partial charge < -0.3 is 10.2 Å². The molecule has 104 valence electrons. The number of hydrogen-bond acceptors (Lipinski definition) is 2. The van der Waals surface area contributed by atoms with E-state index in [1.807, 2.05) is 20.8 Å². The fourth-order valence-electron chi connectivity index (χ4n) is 1.64. The van der Waals surface area contributed by atoms with Crippen molar-refractivity contribution in [2.75, 3.05) is 11.4 Å². The monoisotopic (exact) mass is 282 g/mol. The van der Waals surface area contributed by atoms with Crippen LogP contribution in [-0.4, -0.2) is 23.9 Å². The quantitative estimate of drug-likeness (QED) is 0.926. The lowest BCUT2D eigenvalue weighted by Crippen LogP contribution is -2.47. The van der Waals surface area contributed by atoms with E-state index < -0.39 is 0 Å². The molecular weight excluding hydrogens is 264 g/mol. The number of benzene rings is 1. The zero-order valence-corrected chi connectivity index (χ0v) is 12.4. The third-order valence-corrected chi connectivity index (χ3v) is 2.66. The van der Waals surface area contributed by atoms with Gasteiger partial charge in [-0.25, -0.2) is 0 Å². The van der Waals surface area contributed by atoms with Crippen LogP contribution >= 0.6 is 11.6 Å². The van der Waals surface area contributed by atoms with Crippen molar-refractivity contribution in [2.45, 2.75) is 33.2 Å². The summed E-state index contributed by atoms with van der Waals surface area (Å²) in [6.45, 7) is 7.03. The molecule has 1 rings (SSSR count). The number of nitrogens with zero attached hydrogens (tertiary/aromatic N) is 1. The predicted molar refractivity (Wildman–Crippen MR) is 77.4 cm³/mol. The molecule has 0 saturated heterocycles. The van der Waals surface area contributed by atoms with Crippen molar-refractivity contribution >= 4 is 29.1 Å². The van der Waals surface area contributed by atoms with Gasteiger partial charge in [-0.2, -0.15) is 0 Å². The molecule has 0 atom stereocenters. The van der Waals surface area contributed by atoms with E-state index in [-0.39, 0.29) is 23.9 Å². The van der Waals surface area contributed by atoms with Crippen molar-refractivity contribution in [3.8, 4) is 0 Å². The van der Waals surface area contributed by atoms with Crippen molar-refractivity contribution in [1.29, 1.82) is 0 Å². The van der Waals surface area contributed by atoms with Crippen molar-refractivity contribution < 1.29 is 9.59 Å². The van der Waals surface area contributed by atoms with Gasteiger partial charge in [0.2, 0.25) is 11.8 Å². The zero-order chi connectivity index (χ0) is 14.6. The Bertz CT molecular complexity index is 481. The lowest BCUT2D eigenvalue weighted by Gasteiger charge is -2.25. The maximum atomic E-state index is 11.9. The van der Waals surface area contributed by atoms with Gasteiger partial charge in [-0.3, -0.25) is 9.59 Å². The van der Waals surface area contributed by atoms with Crippen LogP contribution in [0.25, 0.3) is 0 Å². The largest absolute Gasteiger partial charge is 0.350 e. The number of hydrogen-bond donors (Lipinski definition) is 1. The number of halogens is 1. The minimum absolute atomic E-state index is 0.0453. The Morgan fingerprint density at radius 2 is 1.84 bits per heavy atom. The van der Waals surface area contributed by atoms with Crippen LogP contribution in [0.4, 0.5) is 5.69 Å². The molecule has 19 heavy (non-hydrogen) atoms. The summed E-state index contributed by atoms with van der Waals surface area (Å²) in [6, 6.07) is 6.96. The van der Waals surface area contributed by atoms with Crippen LogP contribution in [0.3, 0.4) is 0 Å². The molecule has 0 heterocycles. The average Bonchev–Trinajstić information content (AvgIpc) is 2.24. The number of rotatable bonds is 3. The molecule has 0 fully saturated rings. The highest BCUT2D eigenvalue weighted by Gasteiger charge is 2.20. The predicted octanol–water partition coefficient (Wildman–Crippen LogP) is 2.61. The van der Waals surface area contributed by atoms with E-state index in [0.29, 0.717) is 10.7 Å². The molecule has 0 radical (unpaired) electrons. The summed E-state index contributed by atoms with van der Waals surface area (Å²) in [4.78, 5) is 25.0. The third kappa shape index (κ3) is 4.91. The van der Waals surface area contributed by atoms with Crippen molar-refractivity contribution in [3.05, 3.63) is 29.3 Å². The highest BCUT2D eigenvalue weighted by Crippen LogP contribution is 2.25. The van der Waals surface area contributed by atoms with Crippen LogP contribution in [0.15, 0.2) is 24.3 Å². The summed E-state index contributed by atoms with van der Waals surface area (Å²) < 4.78 is 0. The molecule has 4 nitrogen and oxygen atoms in total. The Balaban J connectivity index is 2.89. The second-order valence-electron chi connectivity index (χ2n) is 5.35. The molecule has 0 aliphatic carbocycles. The minimum Gasteiger partial charge on any atom is -0.350 e. The topological polar surface area (TPSA) is 49.4 Å². The second-order valence-corrected chi connectivity index (χ2v) is 5.76. The normalized spacial score (nSPS) is 11.0. The zero-order valence-electron chi connectivity index (χ0n) is 11.7.